The molecule has 0 atom stereocenters. The zero-order valence-corrected chi connectivity index (χ0v) is 6.17. The first-order valence-corrected chi connectivity index (χ1v) is 3.33. The lowest BCUT2D eigenvalue weighted by Crippen LogP contribution is -1.94. The predicted octanol–water partition coefficient (Wildman–Crippen LogP) is 2.09. The summed E-state index contributed by atoms with van der Waals surface area (Å²) in [6, 6.07) is 3.04. The molecule has 0 aliphatic heterocycles. The van der Waals surface area contributed by atoms with Crippen molar-refractivity contribution in [3.63, 3.8) is 0 Å². The molecule has 1 heterocycles. The zero-order chi connectivity index (χ0) is 8.97. The van der Waals surface area contributed by atoms with Gasteiger partial charge in [-0.25, -0.2) is 8.78 Å². The fourth-order valence-electron chi connectivity index (χ4n) is 0.884. The van der Waals surface area contributed by atoms with Gasteiger partial charge in [-0.3, -0.25) is 4.98 Å². The number of alkyl halides is 2. The zero-order valence-electron chi connectivity index (χ0n) is 6.17. The van der Waals surface area contributed by atoms with Gasteiger partial charge in [0.2, 0.25) is 0 Å². The van der Waals surface area contributed by atoms with Crippen LogP contribution >= 0.6 is 0 Å². The minimum Gasteiger partial charge on any atom is -0.264 e. The minimum atomic E-state index is -2.53. The van der Waals surface area contributed by atoms with Gasteiger partial charge in [-0.15, -0.1) is 0 Å². The van der Waals surface area contributed by atoms with Crippen molar-refractivity contribution in [2.24, 2.45) is 0 Å². The fourth-order valence-corrected chi connectivity index (χ4v) is 0.884. The summed E-state index contributed by atoms with van der Waals surface area (Å²) in [6.45, 7) is 0. The minimum absolute atomic E-state index is 0.0203. The lowest BCUT2D eigenvalue weighted by atomic mass is 10.1. The van der Waals surface area contributed by atoms with E-state index in [1.54, 1.807) is 6.07 Å². The first-order chi connectivity index (χ1) is 5.75. The summed E-state index contributed by atoms with van der Waals surface area (Å²) in [5.74, 6) is 0. The maximum absolute atomic E-state index is 12.2. The quantitative estimate of drug-likeness (QED) is 0.677. The Morgan fingerprint density at radius 3 is 2.92 bits per heavy atom. The molecule has 0 unspecified atom stereocenters. The van der Waals surface area contributed by atoms with E-state index in [4.69, 9.17) is 5.26 Å². The van der Waals surface area contributed by atoms with Gasteiger partial charge in [0.1, 0.15) is 0 Å². The van der Waals surface area contributed by atoms with E-state index in [0.29, 0.717) is 5.56 Å². The van der Waals surface area contributed by atoms with Gasteiger partial charge in [0.25, 0.3) is 6.43 Å². The maximum Gasteiger partial charge on any atom is 0.264 e. The van der Waals surface area contributed by atoms with Gasteiger partial charge in [0.05, 0.1) is 12.5 Å². The third-order valence-corrected chi connectivity index (χ3v) is 1.45. The highest BCUT2D eigenvalue weighted by molar-refractivity contribution is 5.26. The number of pyridine rings is 1. The third-order valence-electron chi connectivity index (χ3n) is 1.45. The molecule has 4 heteroatoms. The Kier molecular flexibility index (Phi) is 2.70. The number of rotatable bonds is 2. The van der Waals surface area contributed by atoms with E-state index in [9.17, 15) is 8.78 Å². The Morgan fingerprint density at radius 1 is 1.58 bits per heavy atom. The second kappa shape index (κ2) is 3.77. The number of halogens is 2. The smallest absolute Gasteiger partial charge is 0.264 e. The van der Waals surface area contributed by atoms with Gasteiger partial charge >= 0.3 is 0 Å². The van der Waals surface area contributed by atoms with Crippen LogP contribution in [0, 0.1) is 11.3 Å². The molecule has 0 aliphatic rings. The normalized spacial score (nSPS) is 9.83. The Labute approximate surface area is 68.5 Å². The Morgan fingerprint density at radius 2 is 2.33 bits per heavy atom. The lowest BCUT2D eigenvalue weighted by molar-refractivity contribution is 0.150. The molecule has 0 bridgehead atoms. The Balaban J connectivity index is 3.02. The van der Waals surface area contributed by atoms with Crippen LogP contribution in [0.2, 0.25) is 0 Å². The molecule has 0 saturated heterocycles. The van der Waals surface area contributed by atoms with E-state index >= 15 is 0 Å². The first kappa shape index (κ1) is 8.60. The molecule has 2 nitrogen and oxygen atoms in total. The summed E-state index contributed by atoms with van der Waals surface area (Å²) in [7, 11) is 0. The van der Waals surface area contributed by atoms with E-state index in [1.807, 2.05) is 0 Å². The third kappa shape index (κ3) is 1.76. The van der Waals surface area contributed by atoms with Crippen molar-refractivity contribution >= 4 is 0 Å². The van der Waals surface area contributed by atoms with Crippen LogP contribution < -0.4 is 0 Å². The van der Waals surface area contributed by atoms with Gasteiger partial charge in [0, 0.05) is 18.0 Å². The van der Waals surface area contributed by atoms with Gasteiger partial charge in [-0.2, -0.15) is 5.26 Å². The van der Waals surface area contributed by atoms with Crippen LogP contribution in [0.15, 0.2) is 18.5 Å². The van der Waals surface area contributed by atoms with Crippen LogP contribution in [0.1, 0.15) is 17.6 Å². The van der Waals surface area contributed by atoms with Crippen molar-refractivity contribution in [1.29, 1.82) is 5.26 Å². The number of hydrogen-bond acceptors (Lipinski definition) is 2. The molecule has 1 aromatic heterocycles. The van der Waals surface area contributed by atoms with Crippen molar-refractivity contribution in [2.45, 2.75) is 12.8 Å². The number of nitrogens with zero attached hydrogens (tertiary/aromatic N) is 2. The molecular formula is C8H6F2N2. The van der Waals surface area contributed by atoms with E-state index < -0.39 is 6.43 Å². The van der Waals surface area contributed by atoms with Gasteiger partial charge in [-0.1, -0.05) is 0 Å². The maximum atomic E-state index is 12.2. The molecule has 62 valence electrons. The summed E-state index contributed by atoms with van der Waals surface area (Å²) >= 11 is 0. The summed E-state index contributed by atoms with van der Waals surface area (Å²) in [4.78, 5) is 3.66. The molecule has 0 aliphatic carbocycles. The molecule has 0 spiro atoms. The summed E-state index contributed by atoms with van der Waals surface area (Å²) in [6.07, 6.45) is 0.0389. The summed E-state index contributed by atoms with van der Waals surface area (Å²) in [5, 5.41) is 8.30. The van der Waals surface area contributed by atoms with Gasteiger partial charge < -0.3 is 0 Å². The van der Waals surface area contributed by atoms with Gasteiger partial charge in [0.15, 0.2) is 0 Å². The Hall–Kier alpha value is -1.50. The average Bonchev–Trinajstić information content (AvgIpc) is 2.05. The van der Waals surface area contributed by atoms with Crippen molar-refractivity contribution < 1.29 is 8.78 Å². The molecule has 0 fully saturated rings. The first-order valence-electron chi connectivity index (χ1n) is 3.33. The lowest BCUT2D eigenvalue weighted by Gasteiger charge is -2.02. The topological polar surface area (TPSA) is 36.7 Å². The van der Waals surface area contributed by atoms with Crippen LogP contribution in [-0.4, -0.2) is 4.98 Å². The molecule has 12 heavy (non-hydrogen) atoms. The number of aromatic nitrogens is 1. The SMILES string of the molecule is N#CCc1cnccc1C(F)F. The second-order valence-electron chi connectivity index (χ2n) is 2.21. The van der Waals surface area contributed by atoms with Crippen LogP contribution in [0.4, 0.5) is 8.78 Å². The monoisotopic (exact) mass is 168 g/mol. The highest BCUT2D eigenvalue weighted by atomic mass is 19.3. The largest absolute Gasteiger partial charge is 0.264 e. The highest BCUT2D eigenvalue weighted by Crippen LogP contribution is 2.21. The van der Waals surface area contributed by atoms with E-state index in [-0.39, 0.29) is 12.0 Å². The van der Waals surface area contributed by atoms with Crippen molar-refractivity contribution in [3.05, 3.63) is 29.6 Å². The molecule has 0 saturated carbocycles. The molecule has 1 rings (SSSR count). The number of hydrogen-bond donors (Lipinski definition) is 0. The Bertz CT molecular complexity index is 304. The summed E-state index contributed by atoms with van der Waals surface area (Å²) in [5.41, 5.74) is 0.196. The van der Waals surface area contributed by atoms with Gasteiger partial charge in [-0.05, 0) is 11.6 Å². The highest BCUT2D eigenvalue weighted by Gasteiger charge is 2.11. The average molecular weight is 168 g/mol. The molecule has 0 aromatic carbocycles. The van der Waals surface area contributed by atoms with E-state index in [0.717, 1.165) is 0 Å². The van der Waals surface area contributed by atoms with Crippen molar-refractivity contribution in [3.8, 4) is 6.07 Å². The van der Waals surface area contributed by atoms with Crippen LogP contribution in [-0.2, 0) is 6.42 Å². The standard InChI is InChI=1S/C8H6F2N2/c9-8(10)7-2-4-12-5-6(7)1-3-11/h2,4-5,8H,1H2. The second-order valence-corrected chi connectivity index (χ2v) is 2.21. The van der Waals surface area contributed by atoms with Crippen molar-refractivity contribution in [2.75, 3.05) is 0 Å². The van der Waals surface area contributed by atoms with Crippen LogP contribution in [0.3, 0.4) is 0 Å². The fraction of sp³-hybridized carbons (Fsp3) is 0.250. The number of nitriles is 1. The van der Waals surface area contributed by atoms with E-state index in [2.05, 4.69) is 4.98 Å². The molecule has 1 aromatic rings. The van der Waals surface area contributed by atoms with Crippen LogP contribution in [0.25, 0.3) is 0 Å². The molecular weight excluding hydrogens is 162 g/mol. The molecule has 0 radical (unpaired) electrons. The van der Waals surface area contributed by atoms with Crippen molar-refractivity contribution in [1.82, 2.24) is 4.98 Å². The predicted molar refractivity (Wildman–Crippen MR) is 38.5 cm³/mol. The van der Waals surface area contributed by atoms with E-state index in [1.165, 1.54) is 18.5 Å². The molecule has 0 N–H and O–H groups in total. The molecule has 0 amide bonds. The summed E-state index contributed by atoms with van der Waals surface area (Å²) < 4.78 is 24.4. The van der Waals surface area contributed by atoms with Crippen LogP contribution in [0.5, 0.6) is 0 Å².